The van der Waals surface area contributed by atoms with Crippen molar-refractivity contribution in [1.82, 2.24) is 10.3 Å². The molecule has 1 amide bonds. The maximum Gasteiger partial charge on any atom is 0.341 e. The van der Waals surface area contributed by atoms with Crippen molar-refractivity contribution in [3.05, 3.63) is 88.6 Å². The van der Waals surface area contributed by atoms with E-state index in [4.69, 9.17) is 26.2 Å². The monoisotopic (exact) mass is 464 g/mol. The minimum Gasteiger partial charge on any atom is -0.482 e. The standard InChI is InChI=1S/C25H21ClN2O5/c1-15-9-20(6-8-23(15)32-14-24(29)30)33-19-4-2-3-16(10-19)13-27-25(31)22-12-17-11-18(26)5-7-21(17)28-22/h2-12,28H,13-14H2,1H3,(H,27,31)(H,29,30). The molecule has 0 saturated heterocycles. The van der Waals surface area contributed by atoms with E-state index in [1.165, 1.54) is 0 Å². The molecule has 7 nitrogen and oxygen atoms in total. The number of ether oxygens (including phenoxy) is 2. The first-order chi connectivity index (χ1) is 15.9. The smallest absolute Gasteiger partial charge is 0.341 e. The normalized spacial score (nSPS) is 10.7. The molecule has 0 aliphatic heterocycles. The third-order valence-electron chi connectivity index (χ3n) is 4.91. The molecule has 33 heavy (non-hydrogen) atoms. The molecule has 1 heterocycles. The Labute approximate surface area is 194 Å². The van der Waals surface area contributed by atoms with Gasteiger partial charge in [-0.2, -0.15) is 0 Å². The Kier molecular flexibility index (Phi) is 6.51. The van der Waals surface area contributed by atoms with Crippen molar-refractivity contribution in [2.24, 2.45) is 0 Å². The van der Waals surface area contributed by atoms with Crippen molar-refractivity contribution >= 4 is 34.4 Å². The molecule has 3 aromatic carbocycles. The number of fused-ring (bicyclic) bond motifs is 1. The van der Waals surface area contributed by atoms with Gasteiger partial charge in [0.25, 0.3) is 5.91 Å². The molecule has 3 N–H and O–H groups in total. The zero-order valence-electron chi connectivity index (χ0n) is 17.7. The van der Waals surface area contributed by atoms with Gasteiger partial charge < -0.3 is 24.9 Å². The van der Waals surface area contributed by atoms with E-state index in [0.29, 0.717) is 34.5 Å². The molecule has 4 rings (SSSR count). The molecular formula is C25H21ClN2O5. The van der Waals surface area contributed by atoms with Crippen molar-refractivity contribution in [3.8, 4) is 17.2 Å². The number of aromatic amines is 1. The largest absolute Gasteiger partial charge is 0.482 e. The SMILES string of the molecule is Cc1cc(Oc2cccc(CNC(=O)c3cc4cc(Cl)ccc4[nH]3)c2)ccc1OCC(=O)O. The molecular weight excluding hydrogens is 444 g/mol. The first kappa shape index (κ1) is 22.2. The van der Waals surface area contributed by atoms with Crippen molar-refractivity contribution in [1.29, 1.82) is 0 Å². The van der Waals surface area contributed by atoms with E-state index in [9.17, 15) is 9.59 Å². The summed E-state index contributed by atoms with van der Waals surface area (Å²) in [5.74, 6) is 0.433. The van der Waals surface area contributed by atoms with E-state index in [0.717, 1.165) is 22.0 Å². The Bertz CT molecular complexity index is 1330. The number of aryl methyl sites for hydroxylation is 1. The Morgan fingerprint density at radius 2 is 1.85 bits per heavy atom. The fraction of sp³-hybridized carbons (Fsp3) is 0.120. The number of hydrogen-bond acceptors (Lipinski definition) is 4. The van der Waals surface area contributed by atoms with Crippen molar-refractivity contribution in [3.63, 3.8) is 0 Å². The molecule has 0 saturated carbocycles. The van der Waals surface area contributed by atoms with Gasteiger partial charge in [-0.15, -0.1) is 0 Å². The number of aliphatic carboxylic acids is 1. The van der Waals surface area contributed by atoms with Crippen LogP contribution in [0.25, 0.3) is 10.9 Å². The summed E-state index contributed by atoms with van der Waals surface area (Å²) in [6.07, 6.45) is 0. The molecule has 168 valence electrons. The number of carboxylic acids is 1. The third-order valence-corrected chi connectivity index (χ3v) is 5.15. The minimum atomic E-state index is -1.03. The van der Waals surface area contributed by atoms with Crippen LogP contribution in [0.5, 0.6) is 17.2 Å². The molecule has 0 radical (unpaired) electrons. The maximum absolute atomic E-state index is 12.6. The molecule has 8 heteroatoms. The number of rotatable bonds is 8. The van der Waals surface area contributed by atoms with Gasteiger partial charge in [0, 0.05) is 22.5 Å². The van der Waals surface area contributed by atoms with Gasteiger partial charge in [-0.05, 0) is 72.6 Å². The molecule has 0 aliphatic carbocycles. The lowest BCUT2D eigenvalue weighted by molar-refractivity contribution is -0.139. The van der Waals surface area contributed by atoms with E-state index >= 15 is 0 Å². The second kappa shape index (κ2) is 9.67. The number of carboxylic acid groups (broad SMARTS) is 1. The van der Waals surface area contributed by atoms with Crippen molar-refractivity contribution in [2.45, 2.75) is 13.5 Å². The number of aromatic nitrogens is 1. The predicted molar refractivity (Wildman–Crippen MR) is 125 cm³/mol. The van der Waals surface area contributed by atoms with Gasteiger partial charge in [0.15, 0.2) is 6.61 Å². The summed E-state index contributed by atoms with van der Waals surface area (Å²) in [4.78, 5) is 26.3. The van der Waals surface area contributed by atoms with Gasteiger partial charge in [-0.3, -0.25) is 4.79 Å². The van der Waals surface area contributed by atoms with Crippen LogP contribution >= 0.6 is 11.6 Å². The lowest BCUT2D eigenvalue weighted by atomic mass is 10.2. The quantitative estimate of drug-likeness (QED) is 0.328. The Morgan fingerprint density at radius 3 is 2.64 bits per heavy atom. The van der Waals surface area contributed by atoms with Crippen LogP contribution in [0, 0.1) is 6.92 Å². The van der Waals surface area contributed by atoms with Gasteiger partial charge in [0.1, 0.15) is 22.9 Å². The Balaban J connectivity index is 1.39. The van der Waals surface area contributed by atoms with Crippen LogP contribution < -0.4 is 14.8 Å². The second-order valence-electron chi connectivity index (χ2n) is 7.46. The molecule has 0 unspecified atom stereocenters. The number of carbonyl (C=O) groups is 2. The van der Waals surface area contributed by atoms with Crippen molar-refractivity contribution < 1.29 is 24.2 Å². The average Bonchev–Trinajstić information content (AvgIpc) is 3.20. The zero-order chi connectivity index (χ0) is 23.4. The van der Waals surface area contributed by atoms with Crippen LogP contribution in [0.3, 0.4) is 0 Å². The number of nitrogens with one attached hydrogen (secondary N) is 2. The number of benzene rings is 3. The first-order valence-corrected chi connectivity index (χ1v) is 10.5. The fourth-order valence-electron chi connectivity index (χ4n) is 3.35. The van der Waals surface area contributed by atoms with Crippen LogP contribution in [0.2, 0.25) is 5.02 Å². The van der Waals surface area contributed by atoms with Crippen LogP contribution in [-0.2, 0) is 11.3 Å². The Hall–Kier alpha value is -3.97. The number of hydrogen-bond donors (Lipinski definition) is 3. The maximum atomic E-state index is 12.6. The summed E-state index contributed by atoms with van der Waals surface area (Å²) in [6.45, 7) is 1.74. The van der Waals surface area contributed by atoms with Crippen LogP contribution in [0.4, 0.5) is 0 Å². The van der Waals surface area contributed by atoms with Crippen LogP contribution in [-0.4, -0.2) is 28.6 Å². The van der Waals surface area contributed by atoms with E-state index in [2.05, 4.69) is 10.3 Å². The highest BCUT2D eigenvalue weighted by Crippen LogP contribution is 2.28. The molecule has 0 bridgehead atoms. The third kappa shape index (κ3) is 5.64. The van der Waals surface area contributed by atoms with E-state index in [1.54, 1.807) is 36.4 Å². The highest BCUT2D eigenvalue weighted by molar-refractivity contribution is 6.31. The highest BCUT2D eigenvalue weighted by atomic mass is 35.5. The lowest BCUT2D eigenvalue weighted by Crippen LogP contribution is -2.23. The summed E-state index contributed by atoms with van der Waals surface area (Å²) in [6, 6.07) is 19.7. The molecule has 1 aromatic heterocycles. The molecule has 0 aliphatic rings. The van der Waals surface area contributed by atoms with Crippen molar-refractivity contribution in [2.75, 3.05) is 6.61 Å². The summed E-state index contributed by atoms with van der Waals surface area (Å²) < 4.78 is 11.2. The number of amides is 1. The van der Waals surface area contributed by atoms with Gasteiger partial charge >= 0.3 is 5.97 Å². The molecule has 0 atom stereocenters. The summed E-state index contributed by atoms with van der Waals surface area (Å²) in [5.41, 5.74) is 2.94. The zero-order valence-corrected chi connectivity index (χ0v) is 18.5. The van der Waals surface area contributed by atoms with Gasteiger partial charge in [-0.25, -0.2) is 4.79 Å². The van der Waals surface area contributed by atoms with Gasteiger partial charge in [0.05, 0.1) is 0 Å². The lowest BCUT2D eigenvalue weighted by Gasteiger charge is -2.11. The van der Waals surface area contributed by atoms with Gasteiger partial charge in [-0.1, -0.05) is 23.7 Å². The van der Waals surface area contributed by atoms with Gasteiger partial charge in [0.2, 0.25) is 0 Å². The van der Waals surface area contributed by atoms with E-state index in [1.807, 2.05) is 37.3 Å². The number of halogens is 1. The topological polar surface area (TPSA) is 101 Å². The minimum absolute atomic E-state index is 0.221. The summed E-state index contributed by atoms with van der Waals surface area (Å²) in [5, 5.41) is 13.1. The van der Waals surface area contributed by atoms with Crippen LogP contribution in [0.15, 0.2) is 66.7 Å². The predicted octanol–water partition coefficient (Wildman–Crippen LogP) is 5.32. The first-order valence-electron chi connectivity index (χ1n) is 10.2. The van der Waals surface area contributed by atoms with E-state index in [-0.39, 0.29) is 5.91 Å². The molecule has 0 fully saturated rings. The Morgan fingerprint density at radius 1 is 1.03 bits per heavy atom. The highest BCUT2D eigenvalue weighted by Gasteiger charge is 2.10. The summed E-state index contributed by atoms with van der Waals surface area (Å²) >= 11 is 6.01. The average molecular weight is 465 g/mol. The molecule has 0 spiro atoms. The van der Waals surface area contributed by atoms with E-state index < -0.39 is 12.6 Å². The number of H-pyrrole nitrogens is 1. The summed E-state index contributed by atoms with van der Waals surface area (Å²) in [7, 11) is 0. The molecule has 4 aromatic rings. The van der Waals surface area contributed by atoms with Crippen LogP contribution in [0.1, 0.15) is 21.6 Å². The number of carbonyl (C=O) groups excluding carboxylic acids is 1. The fourth-order valence-corrected chi connectivity index (χ4v) is 3.53. The second-order valence-corrected chi connectivity index (χ2v) is 7.89.